The summed E-state index contributed by atoms with van der Waals surface area (Å²) in [4.78, 5) is 0. The summed E-state index contributed by atoms with van der Waals surface area (Å²) in [7, 11) is -2.63. The Morgan fingerprint density at radius 1 is 1.39 bits per heavy atom. The van der Waals surface area contributed by atoms with Crippen LogP contribution in [0.1, 0.15) is 5.56 Å². The van der Waals surface area contributed by atoms with Gasteiger partial charge < -0.3 is 4.74 Å². The van der Waals surface area contributed by atoms with Gasteiger partial charge in [-0.3, -0.25) is 4.72 Å². The van der Waals surface area contributed by atoms with Crippen LogP contribution in [0.15, 0.2) is 18.2 Å². The molecule has 102 valence electrons. The maximum absolute atomic E-state index is 12.7. The molecule has 0 heterocycles. The fraction of sp³-hybridized carbons (Fsp3) is 0.333. The van der Waals surface area contributed by atoms with E-state index >= 15 is 0 Å². The standard InChI is InChI=1S/C9H9BrF3NO3S/c1-17-6-2-3-8(14-18(15,16)5-10)7(4-6)9(11,12)13/h2-4,14H,5H2,1H3. The van der Waals surface area contributed by atoms with Gasteiger partial charge in [-0.05, 0) is 18.2 Å². The summed E-state index contributed by atoms with van der Waals surface area (Å²) in [5.41, 5.74) is -1.64. The minimum Gasteiger partial charge on any atom is -0.497 e. The van der Waals surface area contributed by atoms with Crippen LogP contribution in [0.25, 0.3) is 0 Å². The van der Waals surface area contributed by atoms with E-state index in [0.29, 0.717) is 0 Å². The average Bonchev–Trinajstić information content (AvgIpc) is 2.27. The fourth-order valence-corrected chi connectivity index (χ4v) is 2.08. The lowest BCUT2D eigenvalue weighted by Gasteiger charge is -2.15. The van der Waals surface area contributed by atoms with E-state index in [1.807, 2.05) is 4.72 Å². The molecule has 0 saturated heterocycles. The normalized spacial score (nSPS) is 12.3. The molecule has 0 aliphatic rings. The van der Waals surface area contributed by atoms with Gasteiger partial charge in [0, 0.05) is 0 Å². The quantitative estimate of drug-likeness (QED) is 0.852. The highest BCUT2D eigenvalue weighted by Crippen LogP contribution is 2.37. The van der Waals surface area contributed by atoms with Crippen molar-refractivity contribution in [2.45, 2.75) is 6.18 Å². The van der Waals surface area contributed by atoms with Crippen molar-refractivity contribution in [3.8, 4) is 5.75 Å². The van der Waals surface area contributed by atoms with Crippen LogP contribution in [0.2, 0.25) is 0 Å². The lowest BCUT2D eigenvalue weighted by atomic mass is 10.1. The maximum Gasteiger partial charge on any atom is 0.418 e. The van der Waals surface area contributed by atoms with Crippen molar-refractivity contribution in [1.29, 1.82) is 0 Å². The zero-order chi connectivity index (χ0) is 14.0. The second-order valence-corrected chi connectivity index (χ2v) is 6.26. The fourth-order valence-electron chi connectivity index (χ4n) is 1.17. The lowest BCUT2D eigenvalue weighted by molar-refractivity contribution is -0.137. The first-order valence-electron chi connectivity index (χ1n) is 4.51. The van der Waals surface area contributed by atoms with Crippen LogP contribution in [0.4, 0.5) is 18.9 Å². The summed E-state index contributed by atoms with van der Waals surface area (Å²) >= 11 is 2.68. The Morgan fingerprint density at radius 2 is 2.00 bits per heavy atom. The second-order valence-electron chi connectivity index (χ2n) is 3.24. The molecular weight excluding hydrogens is 339 g/mol. The predicted octanol–water partition coefficient (Wildman–Crippen LogP) is 2.81. The number of benzene rings is 1. The number of anilines is 1. The van der Waals surface area contributed by atoms with Crippen LogP contribution in [0, 0.1) is 0 Å². The number of nitrogens with one attached hydrogen (secondary N) is 1. The van der Waals surface area contributed by atoms with E-state index in [4.69, 9.17) is 0 Å². The van der Waals surface area contributed by atoms with Gasteiger partial charge in [-0.25, -0.2) is 8.42 Å². The SMILES string of the molecule is COc1ccc(NS(=O)(=O)CBr)c(C(F)(F)F)c1. The number of hydrogen-bond acceptors (Lipinski definition) is 3. The molecule has 0 aliphatic heterocycles. The van der Waals surface area contributed by atoms with E-state index in [1.54, 1.807) is 0 Å². The third-order valence-corrected chi connectivity index (χ3v) is 4.57. The topological polar surface area (TPSA) is 55.4 Å². The van der Waals surface area contributed by atoms with E-state index in [-0.39, 0.29) is 5.75 Å². The van der Waals surface area contributed by atoms with Gasteiger partial charge in [0.2, 0.25) is 10.0 Å². The molecule has 0 spiro atoms. The molecule has 0 aliphatic carbocycles. The van der Waals surface area contributed by atoms with Crippen LogP contribution in [0.5, 0.6) is 5.75 Å². The van der Waals surface area contributed by atoms with Crippen molar-refractivity contribution < 1.29 is 26.3 Å². The van der Waals surface area contributed by atoms with Gasteiger partial charge in [-0.2, -0.15) is 13.2 Å². The number of alkyl halides is 4. The number of hydrogen-bond donors (Lipinski definition) is 1. The van der Waals surface area contributed by atoms with E-state index in [1.165, 1.54) is 13.2 Å². The van der Waals surface area contributed by atoms with Crippen molar-refractivity contribution in [2.24, 2.45) is 0 Å². The van der Waals surface area contributed by atoms with Gasteiger partial charge in [-0.15, -0.1) is 0 Å². The number of sulfonamides is 1. The van der Waals surface area contributed by atoms with Crippen molar-refractivity contribution in [2.75, 3.05) is 16.5 Å². The monoisotopic (exact) mass is 347 g/mol. The summed E-state index contributed by atoms with van der Waals surface area (Å²) in [6.07, 6.45) is -4.68. The third kappa shape index (κ3) is 3.77. The number of halogens is 4. The Kier molecular flexibility index (Phi) is 4.49. The van der Waals surface area contributed by atoms with Crippen molar-refractivity contribution in [3.63, 3.8) is 0 Å². The van der Waals surface area contributed by atoms with Crippen LogP contribution >= 0.6 is 15.9 Å². The molecule has 0 bridgehead atoms. The zero-order valence-corrected chi connectivity index (χ0v) is 11.5. The summed E-state index contributed by atoms with van der Waals surface area (Å²) < 4.78 is 66.7. The van der Waals surface area contributed by atoms with Gasteiger partial charge in [0.05, 0.1) is 18.4 Å². The highest BCUT2D eigenvalue weighted by molar-refractivity contribution is 9.10. The number of ether oxygens (including phenoxy) is 1. The average molecular weight is 348 g/mol. The molecule has 9 heteroatoms. The largest absolute Gasteiger partial charge is 0.497 e. The van der Waals surface area contributed by atoms with Crippen LogP contribution in [-0.4, -0.2) is 20.2 Å². The number of rotatable bonds is 4. The van der Waals surface area contributed by atoms with E-state index in [9.17, 15) is 21.6 Å². The Balaban J connectivity index is 3.28. The molecule has 0 amide bonds. The second kappa shape index (κ2) is 5.35. The van der Waals surface area contributed by atoms with Crippen molar-refractivity contribution in [3.05, 3.63) is 23.8 Å². The highest BCUT2D eigenvalue weighted by Gasteiger charge is 2.35. The highest BCUT2D eigenvalue weighted by atomic mass is 79.9. The molecule has 1 aromatic rings. The predicted molar refractivity (Wildman–Crippen MR) is 64.3 cm³/mol. The Hall–Kier alpha value is -0.960. The van der Waals surface area contributed by atoms with Crippen molar-refractivity contribution in [1.82, 2.24) is 0 Å². The van der Waals surface area contributed by atoms with Gasteiger partial charge in [-0.1, -0.05) is 15.9 Å². The smallest absolute Gasteiger partial charge is 0.418 e. The van der Waals surface area contributed by atoms with Gasteiger partial charge >= 0.3 is 6.18 Å². The van der Waals surface area contributed by atoms with Crippen LogP contribution in [-0.2, 0) is 16.2 Å². The first-order chi connectivity index (χ1) is 8.19. The maximum atomic E-state index is 12.7. The minimum absolute atomic E-state index is 0.0101. The molecule has 0 fully saturated rings. The van der Waals surface area contributed by atoms with Crippen LogP contribution < -0.4 is 9.46 Å². The molecule has 0 atom stereocenters. The summed E-state index contributed by atoms with van der Waals surface area (Å²) in [5.74, 6) is -0.0101. The molecule has 1 N–H and O–H groups in total. The molecule has 18 heavy (non-hydrogen) atoms. The van der Waals surface area contributed by atoms with Gasteiger partial charge in [0.25, 0.3) is 0 Å². The van der Waals surface area contributed by atoms with E-state index in [0.717, 1.165) is 12.1 Å². The Bertz CT molecular complexity index is 530. The zero-order valence-electron chi connectivity index (χ0n) is 9.08. The molecule has 0 aromatic heterocycles. The summed E-state index contributed by atoms with van der Waals surface area (Å²) in [6.45, 7) is 0. The summed E-state index contributed by atoms with van der Waals surface area (Å²) in [5, 5.41) is 0. The lowest BCUT2D eigenvalue weighted by Crippen LogP contribution is -2.17. The molecule has 0 radical (unpaired) electrons. The molecule has 4 nitrogen and oxygen atoms in total. The number of methoxy groups -OCH3 is 1. The molecular formula is C9H9BrF3NO3S. The van der Waals surface area contributed by atoms with Crippen molar-refractivity contribution >= 4 is 31.6 Å². The minimum atomic E-state index is -4.68. The molecule has 0 saturated carbocycles. The molecule has 1 aromatic carbocycles. The third-order valence-electron chi connectivity index (χ3n) is 1.94. The van der Waals surface area contributed by atoms with E-state index < -0.39 is 32.1 Å². The van der Waals surface area contributed by atoms with Crippen LogP contribution in [0.3, 0.4) is 0 Å². The van der Waals surface area contributed by atoms with Gasteiger partial charge in [0.1, 0.15) is 10.4 Å². The first-order valence-corrected chi connectivity index (χ1v) is 7.28. The van der Waals surface area contributed by atoms with E-state index in [2.05, 4.69) is 20.7 Å². The van der Waals surface area contributed by atoms with Gasteiger partial charge in [0.15, 0.2) is 0 Å². The Labute approximate surface area is 110 Å². The molecule has 0 unspecified atom stereocenters. The first kappa shape index (κ1) is 15.1. The Morgan fingerprint density at radius 3 is 2.44 bits per heavy atom. The summed E-state index contributed by atoms with van der Waals surface area (Å²) in [6, 6.07) is 2.97. The molecule has 1 rings (SSSR count).